The predicted octanol–water partition coefficient (Wildman–Crippen LogP) is 2.82. The zero-order chi connectivity index (χ0) is 13.7. The van der Waals surface area contributed by atoms with Crippen molar-refractivity contribution in [1.29, 1.82) is 0 Å². The van der Waals surface area contributed by atoms with E-state index < -0.39 is 0 Å². The largest absolute Gasteiger partial charge is 0.315 e. The highest BCUT2D eigenvalue weighted by atomic mass is 16.1. The Balaban J connectivity index is 1.92. The third-order valence-electron chi connectivity index (χ3n) is 3.11. The Bertz CT molecular complexity index is 614. The van der Waals surface area contributed by atoms with E-state index in [0.29, 0.717) is 19.4 Å². The molecule has 0 amide bonds. The molecule has 0 aliphatic heterocycles. The van der Waals surface area contributed by atoms with Gasteiger partial charge in [-0.25, -0.2) is 0 Å². The van der Waals surface area contributed by atoms with E-state index in [9.17, 15) is 9.59 Å². The van der Waals surface area contributed by atoms with Crippen molar-refractivity contribution >= 4 is 5.78 Å². The highest BCUT2D eigenvalue weighted by molar-refractivity contribution is 5.95. The van der Waals surface area contributed by atoms with Crippen LogP contribution in [-0.4, -0.2) is 10.4 Å². The van der Waals surface area contributed by atoms with Crippen molar-refractivity contribution in [2.24, 2.45) is 0 Å². The van der Waals surface area contributed by atoms with Gasteiger partial charge in [0.05, 0.1) is 0 Å². The van der Waals surface area contributed by atoms with Gasteiger partial charge in [0.15, 0.2) is 5.78 Å². The SMILES string of the molecule is Cc1cccn(CCCC(=O)c2ccccc2)c1=O. The van der Waals surface area contributed by atoms with Gasteiger partial charge in [0.1, 0.15) is 0 Å². The summed E-state index contributed by atoms with van der Waals surface area (Å²) in [6.07, 6.45) is 2.91. The molecule has 0 bridgehead atoms. The second-order valence-electron chi connectivity index (χ2n) is 4.58. The summed E-state index contributed by atoms with van der Waals surface area (Å²) >= 11 is 0. The summed E-state index contributed by atoms with van der Waals surface area (Å²) in [7, 11) is 0. The summed E-state index contributed by atoms with van der Waals surface area (Å²) in [6.45, 7) is 2.38. The third kappa shape index (κ3) is 3.41. The van der Waals surface area contributed by atoms with E-state index in [4.69, 9.17) is 0 Å². The van der Waals surface area contributed by atoms with Gasteiger partial charge in [-0.1, -0.05) is 36.4 Å². The van der Waals surface area contributed by atoms with Gasteiger partial charge in [0.25, 0.3) is 5.56 Å². The summed E-state index contributed by atoms with van der Waals surface area (Å²) in [4.78, 5) is 23.7. The Hall–Kier alpha value is -2.16. The van der Waals surface area contributed by atoms with Gasteiger partial charge >= 0.3 is 0 Å². The third-order valence-corrected chi connectivity index (χ3v) is 3.11. The van der Waals surface area contributed by atoms with Crippen molar-refractivity contribution in [3.63, 3.8) is 0 Å². The standard InChI is InChI=1S/C16H17NO2/c1-13-7-5-11-17(16(13)19)12-6-10-15(18)14-8-3-2-4-9-14/h2-5,7-9,11H,6,10,12H2,1H3. The molecular formula is C16H17NO2. The van der Waals surface area contributed by atoms with Crippen LogP contribution in [0.4, 0.5) is 0 Å². The van der Waals surface area contributed by atoms with Gasteiger partial charge in [-0.2, -0.15) is 0 Å². The number of aromatic nitrogens is 1. The van der Waals surface area contributed by atoms with Crippen molar-refractivity contribution in [2.45, 2.75) is 26.3 Å². The van der Waals surface area contributed by atoms with Gasteiger partial charge in [-0.05, 0) is 19.4 Å². The first-order valence-electron chi connectivity index (χ1n) is 6.43. The first-order chi connectivity index (χ1) is 9.18. The molecule has 1 heterocycles. The van der Waals surface area contributed by atoms with Crippen LogP contribution in [0.5, 0.6) is 0 Å². The van der Waals surface area contributed by atoms with Crippen LogP contribution in [0.1, 0.15) is 28.8 Å². The maximum Gasteiger partial charge on any atom is 0.253 e. The number of hydrogen-bond donors (Lipinski definition) is 0. The Morgan fingerprint density at radius 1 is 1.11 bits per heavy atom. The molecule has 0 unspecified atom stereocenters. The van der Waals surface area contributed by atoms with Crippen LogP contribution in [0.25, 0.3) is 0 Å². The molecule has 0 aliphatic carbocycles. The lowest BCUT2D eigenvalue weighted by molar-refractivity contribution is 0.0978. The fraction of sp³-hybridized carbons (Fsp3) is 0.250. The second-order valence-corrected chi connectivity index (χ2v) is 4.58. The topological polar surface area (TPSA) is 39.1 Å². The van der Waals surface area contributed by atoms with Crippen LogP contribution in [0, 0.1) is 6.92 Å². The van der Waals surface area contributed by atoms with Crippen molar-refractivity contribution < 1.29 is 4.79 Å². The van der Waals surface area contributed by atoms with E-state index in [1.807, 2.05) is 36.4 Å². The average molecular weight is 255 g/mol. The van der Waals surface area contributed by atoms with Crippen molar-refractivity contribution in [1.82, 2.24) is 4.57 Å². The van der Waals surface area contributed by atoms with Crippen molar-refractivity contribution in [3.05, 3.63) is 70.1 Å². The Kier molecular flexibility index (Phi) is 4.29. The molecule has 0 fully saturated rings. The molecule has 0 saturated heterocycles. The number of Topliss-reactive ketones (excluding diaryl/α,β-unsaturated/α-hetero) is 1. The van der Waals surface area contributed by atoms with E-state index in [0.717, 1.165) is 11.1 Å². The first-order valence-corrected chi connectivity index (χ1v) is 6.43. The lowest BCUT2D eigenvalue weighted by Crippen LogP contribution is -2.21. The zero-order valence-electron chi connectivity index (χ0n) is 11.0. The molecule has 0 radical (unpaired) electrons. The van der Waals surface area contributed by atoms with E-state index in [1.165, 1.54) is 0 Å². The summed E-state index contributed by atoms with van der Waals surface area (Å²) in [5.41, 5.74) is 1.49. The summed E-state index contributed by atoms with van der Waals surface area (Å²) in [5, 5.41) is 0. The highest BCUT2D eigenvalue weighted by Gasteiger charge is 2.05. The molecule has 2 aromatic rings. The molecule has 0 saturated carbocycles. The van der Waals surface area contributed by atoms with Crippen LogP contribution < -0.4 is 5.56 Å². The number of rotatable bonds is 5. The van der Waals surface area contributed by atoms with E-state index in [2.05, 4.69) is 0 Å². The predicted molar refractivity (Wildman–Crippen MR) is 75.4 cm³/mol. The van der Waals surface area contributed by atoms with Crippen molar-refractivity contribution in [2.75, 3.05) is 0 Å². The zero-order valence-corrected chi connectivity index (χ0v) is 11.0. The van der Waals surface area contributed by atoms with Crippen LogP contribution >= 0.6 is 0 Å². The van der Waals surface area contributed by atoms with Gasteiger partial charge in [0, 0.05) is 30.3 Å². The normalized spacial score (nSPS) is 10.4. The molecule has 2 rings (SSSR count). The van der Waals surface area contributed by atoms with Crippen LogP contribution in [-0.2, 0) is 6.54 Å². The number of nitrogens with zero attached hydrogens (tertiary/aromatic N) is 1. The molecule has 98 valence electrons. The Labute approximate surface area is 112 Å². The molecule has 0 spiro atoms. The van der Waals surface area contributed by atoms with Crippen LogP contribution in [0.3, 0.4) is 0 Å². The molecule has 0 aliphatic rings. The summed E-state index contributed by atoms with van der Waals surface area (Å²) in [5.74, 6) is 0.126. The monoisotopic (exact) mass is 255 g/mol. The number of pyridine rings is 1. The maximum absolute atomic E-state index is 11.9. The molecular weight excluding hydrogens is 238 g/mol. The summed E-state index contributed by atoms with van der Waals surface area (Å²) < 4.78 is 1.66. The molecule has 1 aromatic carbocycles. The number of ketones is 1. The van der Waals surface area contributed by atoms with E-state index in [1.54, 1.807) is 23.8 Å². The smallest absolute Gasteiger partial charge is 0.253 e. The quantitative estimate of drug-likeness (QED) is 0.771. The van der Waals surface area contributed by atoms with Crippen LogP contribution in [0.2, 0.25) is 0 Å². The van der Waals surface area contributed by atoms with Crippen LogP contribution in [0.15, 0.2) is 53.5 Å². The number of aryl methyl sites for hydroxylation is 2. The maximum atomic E-state index is 11.9. The molecule has 1 aromatic heterocycles. The summed E-state index contributed by atoms with van der Waals surface area (Å²) in [6, 6.07) is 12.9. The number of hydrogen-bond acceptors (Lipinski definition) is 2. The number of benzene rings is 1. The Morgan fingerprint density at radius 2 is 1.84 bits per heavy atom. The molecule has 0 atom stereocenters. The second kappa shape index (κ2) is 6.14. The minimum atomic E-state index is 0.0228. The lowest BCUT2D eigenvalue weighted by atomic mass is 10.1. The number of carbonyl (C=O) groups excluding carboxylic acids is 1. The molecule has 3 nitrogen and oxygen atoms in total. The molecule has 3 heteroatoms. The van der Waals surface area contributed by atoms with E-state index >= 15 is 0 Å². The van der Waals surface area contributed by atoms with Gasteiger partial charge in [0.2, 0.25) is 0 Å². The minimum absolute atomic E-state index is 0.0228. The van der Waals surface area contributed by atoms with Gasteiger partial charge < -0.3 is 4.57 Å². The minimum Gasteiger partial charge on any atom is -0.315 e. The van der Waals surface area contributed by atoms with Crippen molar-refractivity contribution in [3.8, 4) is 0 Å². The van der Waals surface area contributed by atoms with Gasteiger partial charge in [-0.15, -0.1) is 0 Å². The average Bonchev–Trinajstić information content (AvgIpc) is 2.44. The fourth-order valence-corrected chi connectivity index (χ4v) is 2.01. The number of carbonyl (C=O) groups is 1. The fourth-order valence-electron chi connectivity index (χ4n) is 2.01. The van der Waals surface area contributed by atoms with E-state index in [-0.39, 0.29) is 11.3 Å². The highest BCUT2D eigenvalue weighted by Crippen LogP contribution is 2.05. The molecule has 19 heavy (non-hydrogen) atoms. The lowest BCUT2D eigenvalue weighted by Gasteiger charge is -2.06. The first kappa shape index (κ1) is 13.3. The molecule has 0 N–H and O–H groups in total. The Morgan fingerprint density at radius 3 is 2.58 bits per heavy atom. The van der Waals surface area contributed by atoms with Gasteiger partial charge in [-0.3, -0.25) is 9.59 Å².